The third-order valence-electron chi connectivity index (χ3n) is 5.39. The van der Waals surface area contributed by atoms with Gasteiger partial charge in [-0.25, -0.2) is 0 Å². The van der Waals surface area contributed by atoms with Gasteiger partial charge in [-0.3, -0.25) is 4.99 Å². The average Bonchev–Trinajstić information content (AvgIpc) is 3.14. The fourth-order valence-electron chi connectivity index (χ4n) is 4.17. The summed E-state index contributed by atoms with van der Waals surface area (Å²) in [7, 11) is 1.91. The van der Waals surface area contributed by atoms with E-state index in [1.807, 2.05) is 7.05 Å². The van der Waals surface area contributed by atoms with Crippen molar-refractivity contribution in [1.29, 1.82) is 0 Å². The molecule has 2 aliphatic rings. The minimum atomic E-state index is 0. The molecule has 1 aliphatic heterocycles. The smallest absolute Gasteiger partial charge is 0.193 e. The Kier molecular flexibility index (Phi) is 6.74. The van der Waals surface area contributed by atoms with Gasteiger partial charge in [-0.2, -0.15) is 0 Å². The Bertz CT molecular complexity index is 535. The van der Waals surface area contributed by atoms with Crippen molar-refractivity contribution in [1.82, 2.24) is 10.2 Å². The number of nitrogens with zero attached hydrogens (tertiary/aromatic N) is 2. The zero-order valence-electron chi connectivity index (χ0n) is 14.5. The zero-order chi connectivity index (χ0) is 15.4. The number of nitrogens with one attached hydrogen (secondary N) is 1. The quantitative estimate of drug-likeness (QED) is 0.449. The standard InChI is InChI=1S/C19H29N3.HI/c1-16-6-5-7-17(14-16)8-12-21-18(20-2)22-13-11-19(15-22)9-3-4-10-19;/h5-7,14H,3-4,8-13,15H2,1-2H3,(H,20,21);1H. The van der Waals surface area contributed by atoms with Gasteiger partial charge >= 0.3 is 0 Å². The second-order valence-electron chi connectivity index (χ2n) is 7.09. The van der Waals surface area contributed by atoms with Crippen molar-refractivity contribution in [2.75, 3.05) is 26.7 Å². The van der Waals surface area contributed by atoms with E-state index in [1.54, 1.807) is 0 Å². The molecule has 0 atom stereocenters. The van der Waals surface area contributed by atoms with Crippen molar-refractivity contribution in [3.8, 4) is 0 Å². The van der Waals surface area contributed by atoms with Gasteiger partial charge in [-0.1, -0.05) is 42.7 Å². The second kappa shape index (κ2) is 8.36. The van der Waals surface area contributed by atoms with Crippen LogP contribution in [0.15, 0.2) is 29.3 Å². The number of benzene rings is 1. The summed E-state index contributed by atoms with van der Waals surface area (Å²) in [5, 5.41) is 3.56. The first-order valence-electron chi connectivity index (χ1n) is 8.72. The van der Waals surface area contributed by atoms with Gasteiger partial charge < -0.3 is 10.2 Å². The molecular formula is C19H30IN3. The van der Waals surface area contributed by atoms with Gasteiger partial charge in [-0.15, -0.1) is 24.0 Å². The van der Waals surface area contributed by atoms with Crippen molar-refractivity contribution < 1.29 is 0 Å². The maximum atomic E-state index is 4.50. The van der Waals surface area contributed by atoms with Crippen LogP contribution in [0.1, 0.15) is 43.2 Å². The zero-order valence-corrected chi connectivity index (χ0v) is 16.8. The first-order valence-corrected chi connectivity index (χ1v) is 8.72. The van der Waals surface area contributed by atoms with Crippen LogP contribution >= 0.6 is 24.0 Å². The van der Waals surface area contributed by atoms with Gasteiger partial charge in [0, 0.05) is 26.7 Å². The molecule has 1 aromatic carbocycles. The van der Waals surface area contributed by atoms with Crippen LogP contribution < -0.4 is 5.32 Å². The maximum absolute atomic E-state index is 4.50. The summed E-state index contributed by atoms with van der Waals surface area (Å²) in [6.45, 7) is 5.49. The Morgan fingerprint density at radius 2 is 2.04 bits per heavy atom. The van der Waals surface area contributed by atoms with Crippen LogP contribution in [0.2, 0.25) is 0 Å². The molecule has 23 heavy (non-hydrogen) atoms. The Balaban J connectivity index is 0.00000192. The van der Waals surface area contributed by atoms with Crippen LogP contribution in [-0.2, 0) is 6.42 Å². The molecule has 0 amide bonds. The molecule has 0 bridgehead atoms. The summed E-state index contributed by atoms with van der Waals surface area (Å²) in [6, 6.07) is 8.78. The highest BCUT2D eigenvalue weighted by Crippen LogP contribution is 2.45. The lowest BCUT2D eigenvalue weighted by atomic mass is 9.86. The third kappa shape index (κ3) is 4.61. The van der Waals surface area contributed by atoms with Crippen molar-refractivity contribution in [3.63, 3.8) is 0 Å². The molecule has 1 heterocycles. The molecule has 2 fully saturated rings. The van der Waals surface area contributed by atoms with E-state index >= 15 is 0 Å². The number of aliphatic imine (C=N–C) groups is 1. The van der Waals surface area contributed by atoms with E-state index in [9.17, 15) is 0 Å². The van der Waals surface area contributed by atoms with E-state index < -0.39 is 0 Å². The molecule has 1 saturated carbocycles. The van der Waals surface area contributed by atoms with Crippen LogP contribution in [-0.4, -0.2) is 37.5 Å². The van der Waals surface area contributed by atoms with E-state index in [0.29, 0.717) is 5.41 Å². The van der Waals surface area contributed by atoms with Gasteiger partial charge in [0.25, 0.3) is 0 Å². The SMILES string of the molecule is CN=C(NCCc1cccc(C)c1)N1CCC2(CCCC2)C1.I. The molecule has 0 unspecified atom stereocenters. The summed E-state index contributed by atoms with van der Waals surface area (Å²) in [5.41, 5.74) is 3.34. The van der Waals surface area contributed by atoms with Crippen molar-refractivity contribution in [3.05, 3.63) is 35.4 Å². The highest BCUT2D eigenvalue weighted by Gasteiger charge is 2.40. The minimum absolute atomic E-state index is 0. The van der Waals surface area contributed by atoms with E-state index in [1.165, 1.54) is 56.3 Å². The van der Waals surface area contributed by atoms with Gasteiger partial charge in [0.2, 0.25) is 0 Å². The van der Waals surface area contributed by atoms with Crippen LogP contribution in [0.25, 0.3) is 0 Å². The fourth-order valence-corrected chi connectivity index (χ4v) is 4.17. The second-order valence-corrected chi connectivity index (χ2v) is 7.09. The number of hydrogen-bond donors (Lipinski definition) is 1. The van der Waals surface area contributed by atoms with Gasteiger partial charge in [0.15, 0.2) is 5.96 Å². The molecule has 3 nitrogen and oxygen atoms in total. The summed E-state index contributed by atoms with van der Waals surface area (Å²) in [6.07, 6.45) is 8.10. The molecular weight excluding hydrogens is 397 g/mol. The monoisotopic (exact) mass is 427 g/mol. The number of rotatable bonds is 3. The molecule has 0 aromatic heterocycles. The van der Waals surface area contributed by atoms with Crippen LogP contribution in [0.3, 0.4) is 0 Å². The third-order valence-corrected chi connectivity index (χ3v) is 5.39. The predicted octanol–water partition coefficient (Wildman–Crippen LogP) is 4.00. The van der Waals surface area contributed by atoms with Crippen molar-refractivity contribution in [2.24, 2.45) is 10.4 Å². The number of aryl methyl sites for hydroxylation is 1. The van der Waals surface area contributed by atoms with Crippen LogP contribution in [0, 0.1) is 12.3 Å². The molecule has 4 heteroatoms. The maximum Gasteiger partial charge on any atom is 0.193 e. The molecule has 3 rings (SSSR count). The molecule has 128 valence electrons. The summed E-state index contributed by atoms with van der Waals surface area (Å²) < 4.78 is 0. The summed E-state index contributed by atoms with van der Waals surface area (Å²) in [5.74, 6) is 1.09. The van der Waals surface area contributed by atoms with E-state index in [0.717, 1.165) is 18.9 Å². The molecule has 1 saturated heterocycles. The number of hydrogen-bond acceptors (Lipinski definition) is 1. The largest absolute Gasteiger partial charge is 0.356 e. The number of likely N-dealkylation sites (tertiary alicyclic amines) is 1. The van der Waals surface area contributed by atoms with Gasteiger partial charge in [-0.05, 0) is 43.6 Å². The highest BCUT2D eigenvalue weighted by atomic mass is 127. The average molecular weight is 427 g/mol. The molecule has 1 N–H and O–H groups in total. The van der Waals surface area contributed by atoms with E-state index in [2.05, 4.69) is 46.4 Å². The van der Waals surface area contributed by atoms with E-state index in [-0.39, 0.29) is 24.0 Å². The highest BCUT2D eigenvalue weighted by molar-refractivity contribution is 14.0. The first kappa shape index (κ1) is 18.6. The lowest BCUT2D eigenvalue weighted by molar-refractivity contribution is 0.309. The topological polar surface area (TPSA) is 27.6 Å². The molecule has 1 aromatic rings. The summed E-state index contributed by atoms with van der Waals surface area (Å²) in [4.78, 5) is 6.98. The molecule has 1 aliphatic carbocycles. The Hall–Kier alpha value is -0.780. The van der Waals surface area contributed by atoms with Crippen molar-refractivity contribution in [2.45, 2.75) is 45.4 Å². The summed E-state index contributed by atoms with van der Waals surface area (Å²) >= 11 is 0. The Morgan fingerprint density at radius 1 is 1.26 bits per heavy atom. The van der Waals surface area contributed by atoms with Crippen LogP contribution in [0.4, 0.5) is 0 Å². The van der Waals surface area contributed by atoms with Gasteiger partial charge in [0.05, 0.1) is 0 Å². The fraction of sp³-hybridized carbons (Fsp3) is 0.632. The molecule has 0 radical (unpaired) electrons. The van der Waals surface area contributed by atoms with Gasteiger partial charge in [0.1, 0.15) is 0 Å². The predicted molar refractivity (Wildman–Crippen MR) is 109 cm³/mol. The van der Waals surface area contributed by atoms with E-state index in [4.69, 9.17) is 0 Å². The molecule has 1 spiro atoms. The lowest BCUT2D eigenvalue weighted by Gasteiger charge is -2.26. The normalized spacial score (nSPS) is 19.9. The number of guanidine groups is 1. The number of halogens is 1. The minimum Gasteiger partial charge on any atom is -0.356 e. The van der Waals surface area contributed by atoms with Crippen LogP contribution in [0.5, 0.6) is 0 Å². The Morgan fingerprint density at radius 3 is 2.74 bits per heavy atom. The Labute approximate surface area is 158 Å². The first-order chi connectivity index (χ1) is 10.7. The van der Waals surface area contributed by atoms with Crippen molar-refractivity contribution >= 4 is 29.9 Å². The lowest BCUT2D eigenvalue weighted by Crippen LogP contribution is -2.41.